The normalized spacial score (nSPS) is 10.7. The van der Waals surface area contributed by atoms with E-state index in [0.29, 0.717) is 29.1 Å². The summed E-state index contributed by atoms with van der Waals surface area (Å²) in [6, 6.07) is 115. The predicted molar refractivity (Wildman–Crippen MR) is 442 cm³/mol. The smallest absolute Gasteiger partial charge is 0.163 e. The molecule has 19 rings (SSSR count). The number of hydrogen-bond acceptors (Lipinski definition) is 14. The molecule has 14 heteroatoms. The first kappa shape index (κ1) is 71.2. The van der Waals surface area contributed by atoms with Gasteiger partial charge in [-0.25, -0.2) is 59.8 Å². The molecule has 6 heterocycles. The van der Waals surface area contributed by atoms with Gasteiger partial charge in [0.05, 0.1) is 0 Å². The number of nitrogens with zero attached hydrogens (tertiary/aromatic N) is 12. The molecule has 0 atom stereocenters. The molecular weight excluding hydrogens is 1350 g/mol. The molecule has 0 bridgehead atoms. The molecule has 0 N–H and O–H groups in total. The maximum Gasteiger partial charge on any atom is 0.163 e. The van der Waals surface area contributed by atoms with E-state index in [4.69, 9.17) is 9.40 Å². The van der Waals surface area contributed by atoms with Crippen molar-refractivity contribution in [2.24, 2.45) is 0 Å². The largest absolute Gasteiger partial charge is 0.456 e. The van der Waals surface area contributed by atoms with Gasteiger partial charge in [0, 0.05) is 64.3 Å². The molecule has 13 nitrogen and oxygen atoms in total. The predicted octanol–water partition coefficient (Wildman–Crippen LogP) is 23.5. The average Bonchev–Trinajstić information content (AvgIpc) is 1.59. The minimum Gasteiger partial charge on any atom is -0.456 e. The van der Waals surface area contributed by atoms with Crippen LogP contribution in [-0.2, 0) is 0 Å². The summed E-state index contributed by atoms with van der Waals surface area (Å²) < 4.78 is 8.41. The fourth-order valence-electron chi connectivity index (χ4n) is 12.3. The summed E-state index contributed by atoms with van der Waals surface area (Å²) in [5.41, 5.74) is 12.5. The summed E-state index contributed by atoms with van der Waals surface area (Å²) in [5.74, 6) is 8.75. The lowest BCUT2D eigenvalue weighted by Crippen LogP contribution is -2.00. The third-order valence-electron chi connectivity index (χ3n) is 17.3. The van der Waals surface area contributed by atoms with Crippen LogP contribution in [0.3, 0.4) is 0 Å². The molecule has 0 aliphatic rings. The van der Waals surface area contributed by atoms with Crippen LogP contribution in [0.5, 0.6) is 0 Å². The molecule has 6 aromatic heterocycles. The quantitative estimate of drug-likeness (QED) is 0.141. The SMILES string of the molecule is Cc1nc(-c2ccccc2)nc(-c2cc(-c3ccccc3)cc(-c3ccccc3)c2)n1.Cc1nc(-c2ccccc2)nc(-c2ccc3ccccc3c2)n1.Cc1nc(C)nc(-c2ccccc2)n1.Cc1nc(C)nc(-c2ccccc2)n1.c1ccc2c(c1)oc1ccccc12.c1ccc2c(c1)sc1ccccc12. The fourth-order valence-corrected chi connectivity index (χ4v) is 13.5. The number of benzene rings is 13. The Morgan fingerprint density at radius 2 is 0.454 bits per heavy atom. The second-order valence-electron chi connectivity index (χ2n) is 25.3. The van der Waals surface area contributed by atoms with Crippen LogP contribution in [0.2, 0.25) is 0 Å². The molecule has 0 aliphatic heterocycles. The van der Waals surface area contributed by atoms with Crippen molar-refractivity contribution in [3.05, 3.63) is 375 Å². The van der Waals surface area contributed by atoms with Gasteiger partial charge in [-0.2, -0.15) is 0 Å². The van der Waals surface area contributed by atoms with Crippen molar-refractivity contribution in [2.45, 2.75) is 41.5 Å². The van der Waals surface area contributed by atoms with Crippen LogP contribution in [0.1, 0.15) is 34.9 Å². The van der Waals surface area contributed by atoms with Gasteiger partial charge in [0.1, 0.15) is 46.1 Å². The highest BCUT2D eigenvalue weighted by atomic mass is 32.1. The number of furan rings is 1. The monoisotopic (exact) mass is 1420 g/mol. The molecule has 0 unspecified atom stereocenters. The molecule has 0 aliphatic carbocycles. The highest BCUT2D eigenvalue weighted by Crippen LogP contribution is 2.35. The van der Waals surface area contributed by atoms with Crippen molar-refractivity contribution in [1.82, 2.24) is 59.8 Å². The Labute approximate surface area is 631 Å². The summed E-state index contributed by atoms with van der Waals surface area (Å²) >= 11 is 1.86. The second-order valence-corrected chi connectivity index (χ2v) is 26.4. The topological polar surface area (TPSA) is 168 Å². The van der Waals surface area contributed by atoms with Gasteiger partial charge in [0.15, 0.2) is 34.9 Å². The summed E-state index contributed by atoms with van der Waals surface area (Å²) in [6.07, 6.45) is 0. The van der Waals surface area contributed by atoms with E-state index in [-0.39, 0.29) is 0 Å². The molecule has 0 fully saturated rings. The lowest BCUT2D eigenvalue weighted by molar-refractivity contribution is 0.669. The lowest BCUT2D eigenvalue weighted by atomic mass is 9.96. The van der Waals surface area contributed by atoms with Crippen LogP contribution in [0, 0.1) is 41.5 Å². The van der Waals surface area contributed by atoms with Crippen LogP contribution in [0.25, 0.3) is 143 Å². The molecule has 0 spiro atoms. The maximum atomic E-state index is 5.65. The molecular formula is C94H74N12OS. The van der Waals surface area contributed by atoms with Crippen molar-refractivity contribution in [3.63, 3.8) is 0 Å². The van der Waals surface area contributed by atoms with E-state index in [0.717, 1.165) is 108 Å². The summed E-state index contributed by atoms with van der Waals surface area (Å²) in [7, 11) is 0. The Hall–Kier alpha value is -13.8. The Morgan fingerprint density at radius 3 is 0.833 bits per heavy atom. The van der Waals surface area contributed by atoms with Crippen molar-refractivity contribution < 1.29 is 4.42 Å². The Morgan fingerprint density at radius 1 is 0.185 bits per heavy atom. The van der Waals surface area contributed by atoms with Crippen molar-refractivity contribution in [3.8, 4) is 90.6 Å². The Bertz CT molecular complexity index is 5820. The van der Waals surface area contributed by atoms with Gasteiger partial charge in [-0.1, -0.05) is 291 Å². The third-order valence-corrected chi connectivity index (χ3v) is 18.5. The van der Waals surface area contributed by atoms with Crippen LogP contribution >= 0.6 is 11.3 Å². The molecule has 0 radical (unpaired) electrons. The molecule has 522 valence electrons. The number of thiophene rings is 1. The van der Waals surface area contributed by atoms with Gasteiger partial charge in [-0.15, -0.1) is 11.3 Å². The average molecular weight is 1420 g/mol. The van der Waals surface area contributed by atoms with Gasteiger partial charge in [0.2, 0.25) is 0 Å². The van der Waals surface area contributed by atoms with E-state index in [1.54, 1.807) is 0 Å². The Kier molecular flexibility index (Phi) is 22.5. The van der Waals surface area contributed by atoms with E-state index in [2.05, 4.69) is 213 Å². The maximum absolute atomic E-state index is 5.65. The van der Waals surface area contributed by atoms with Gasteiger partial charge >= 0.3 is 0 Å². The van der Waals surface area contributed by atoms with E-state index in [9.17, 15) is 0 Å². The van der Waals surface area contributed by atoms with Crippen molar-refractivity contribution in [2.75, 3.05) is 0 Å². The van der Waals surface area contributed by atoms with Crippen molar-refractivity contribution in [1.29, 1.82) is 0 Å². The minimum atomic E-state index is 0.682. The second kappa shape index (κ2) is 34.2. The van der Waals surface area contributed by atoms with Crippen LogP contribution in [-0.4, -0.2) is 59.8 Å². The standard InChI is InChI=1S/C28H21N3.C20H15N3.C12H8O.C12H8S.2C11H11N3/c1-20-29-27(23-15-9-4-10-16-23)31-28(30-20)26-18-24(21-11-5-2-6-12-21)17-25(19-26)22-13-7-3-8-14-22;1-14-21-19(16-8-3-2-4-9-16)23-20(22-14)18-12-11-15-7-5-6-10-17(15)13-18;2*1-3-7-11-9(5-1)10-6-2-4-8-12(10)13-11;2*1-8-12-9(2)14-11(13-8)10-6-4-3-5-7-10/h2-19H,1H3;2-13H,1H3;2*1-8H;2*3-7H,1-2H3. The molecule has 13 aromatic carbocycles. The number of rotatable bonds is 8. The van der Waals surface area contributed by atoms with Gasteiger partial charge in [0.25, 0.3) is 0 Å². The first-order valence-electron chi connectivity index (χ1n) is 35.5. The number of para-hydroxylation sites is 2. The molecule has 0 saturated carbocycles. The minimum absolute atomic E-state index is 0.682. The number of aryl methyl sites for hydroxylation is 6. The molecule has 0 amide bonds. The zero-order chi connectivity index (χ0) is 74.0. The first-order valence-corrected chi connectivity index (χ1v) is 36.3. The zero-order valence-corrected chi connectivity index (χ0v) is 61.3. The van der Waals surface area contributed by atoms with Gasteiger partial charge in [-0.05, 0) is 123 Å². The number of fused-ring (bicyclic) bond motifs is 7. The third kappa shape index (κ3) is 18.0. The fraction of sp³-hybridized carbons (Fsp3) is 0.0638. The van der Waals surface area contributed by atoms with Crippen LogP contribution < -0.4 is 0 Å². The first-order chi connectivity index (χ1) is 53.0. The van der Waals surface area contributed by atoms with Crippen molar-refractivity contribution >= 4 is 64.2 Å². The zero-order valence-electron chi connectivity index (χ0n) is 60.5. The summed E-state index contributed by atoms with van der Waals surface area (Å²) in [4.78, 5) is 53.1. The van der Waals surface area contributed by atoms with Crippen LogP contribution in [0.15, 0.2) is 344 Å². The van der Waals surface area contributed by atoms with E-state index >= 15 is 0 Å². The van der Waals surface area contributed by atoms with Gasteiger partial charge < -0.3 is 4.42 Å². The highest BCUT2D eigenvalue weighted by molar-refractivity contribution is 7.25. The number of hydrogen-bond donors (Lipinski definition) is 0. The van der Waals surface area contributed by atoms with E-state index in [1.165, 1.54) is 41.7 Å². The molecule has 108 heavy (non-hydrogen) atoms. The molecule has 0 saturated heterocycles. The number of aromatic nitrogens is 12. The Balaban J connectivity index is 0.000000113. The van der Waals surface area contributed by atoms with E-state index < -0.39 is 0 Å². The lowest BCUT2D eigenvalue weighted by Gasteiger charge is -2.11. The highest BCUT2D eigenvalue weighted by Gasteiger charge is 2.15. The van der Waals surface area contributed by atoms with Gasteiger partial charge in [-0.3, -0.25) is 0 Å². The van der Waals surface area contributed by atoms with E-state index in [1.807, 2.05) is 235 Å². The summed E-state index contributed by atoms with van der Waals surface area (Å²) in [5, 5.41) is 7.54. The van der Waals surface area contributed by atoms with Crippen LogP contribution in [0.4, 0.5) is 0 Å². The molecule has 19 aromatic rings. The summed E-state index contributed by atoms with van der Waals surface area (Å²) in [6.45, 7) is 11.3.